The largest absolute Gasteiger partial charge is 0.360 e. The summed E-state index contributed by atoms with van der Waals surface area (Å²) in [6.45, 7) is 7.45. The van der Waals surface area contributed by atoms with Crippen molar-refractivity contribution < 1.29 is 4.52 Å². The van der Waals surface area contributed by atoms with E-state index in [1.807, 2.05) is 12.3 Å². The number of pyridine rings is 1. The molecule has 2 aromatic heterocycles. The van der Waals surface area contributed by atoms with Gasteiger partial charge in [-0.25, -0.2) is 0 Å². The maximum atomic E-state index is 5.51. The average Bonchev–Trinajstić information content (AvgIpc) is 2.88. The van der Waals surface area contributed by atoms with Gasteiger partial charge in [-0.15, -0.1) is 0 Å². The minimum atomic E-state index is 0.614. The predicted molar refractivity (Wildman–Crippen MR) is 92.3 cm³/mol. The van der Waals surface area contributed by atoms with Crippen LogP contribution in [0.4, 0.5) is 0 Å². The van der Waals surface area contributed by atoms with Crippen molar-refractivity contribution in [2.45, 2.75) is 45.3 Å². The average molecular weight is 326 g/mol. The fraction of sp³-hybridized carbons (Fsp3) is 0.579. The van der Waals surface area contributed by atoms with E-state index in [0.29, 0.717) is 6.04 Å². The number of hydrogen-bond acceptors (Lipinski definition) is 5. The molecule has 0 amide bonds. The van der Waals surface area contributed by atoms with Crippen molar-refractivity contribution in [2.75, 3.05) is 19.6 Å². The van der Waals surface area contributed by atoms with Gasteiger partial charge >= 0.3 is 0 Å². The van der Waals surface area contributed by atoms with Crippen LogP contribution in [0.25, 0.3) is 0 Å². The lowest BCUT2D eigenvalue weighted by atomic mass is 9.95. The van der Waals surface area contributed by atoms with Crippen LogP contribution in [0, 0.1) is 5.92 Å². The monoisotopic (exact) mass is 326 g/mol. The number of piperidine rings is 1. The Hall–Kier alpha value is -1.72. The Balaban J connectivity index is 1.42. The van der Waals surface area contributed by atoms with Gasteiger partial charge in [0.1, 0.15) is 0 Å². The third kappa shape index (κ3) is 3.52. The molecule has 5 nitrogen and oxygen atoms in total. The van der Waals surface area contributed by atoms with Gasteiger partial charge in [-0.1, -0.05) is 18.1 Å². The van der Waals surface area contributed by atoms with Crippen molar-refractivity contribution in [2.24, 2.45) is 5.92 Å². The first-order valence-corrected chi connectivity index (χ1v) is 9.11. The summed E-state index contributed by atoms with van der Waals surface area (Å²) in [5.74, 6) is 1.76. The van der Waals surface area contributed by atoms with Gasteiger partial charge < -0.3 is 4.52 Å². The first-order chi connectivity index (χ1) is 11.8. The number of rotatable bonds is 5. The van der Waals surface area contributed by atoms with Gasteiger partial charge in [-0.2, -0.15) is 0 Å². The van der Waals surface area contributed by atoms with Gasteiger partial charge in [0.25, 0.3) is 0 Å². The van der Waals surface area contributed by atoms with E-state index in [4.69, 9.17) is 4.52 Å². The van der Waals surface area contributed by atoms with Crippen LogP contribution in [0.15, 0.2) is 35.0 Å². The predicted octanol–water partition coefficient (Wildman–Crippen LogP) is 2.73. The molecule has 0 unspecified atom stereocenters. The van der Waals surface area contributed by atoms with Gasteiger partial charge in [0.15, 0.2) is 5.76 Å². The van der Waals surface area contributed by atoms with Gasteiger partial charge in [0.2, 0.25) is 0 Å². The van der Waals surface area contributed by atoms with Crippen LogP contribution in [-0.2, 0) is 19.5 Å². The number of fused-ring (bicyclic) bond motifs is 4. The molecule has 0 saturated carbocycles. The minimum Gasteiger partial charge on any atom is -0.360 e. The molecule has 0 aromatic carbocycles. The van der Waals surface area contributed by atoms with Gasteiger partial charge in [0.05, 0.1) is 17.9 Å². The van der Waals surface area contributed by atoms with Crippen LogP contribution >= 0.6 is 0 Å². The molecule has 24 heavy (non-hydrogen) atoms. The smallest absolute Gasteiger partial charge is 0.150 e. The second kappa shape index (κ2) is 7.03. The second-order valence-corrected chi connectivity index (χ2v) is 7.18. The number of hydrogen-bond donors (Lipinski definition) is 0. The summed E-state index contributed by atoms with van der Waals surface area (Å²) in [4.78, 5) is 9.68. The van der Waals surface area contributed by atoms with Crippen molar-refractivity contribution in [1.82, 2.24) is 19.9 Å². The first-order valence-electron chi connectivity index (χ1n) is 9.11. The van der Waals surface area contributed by atoms with Gasteiger partial charge in [0, 0.05) is 44.5 Å². The summed E-state index contributed by atoms with van der Waals surface area (Å²) in [6.07, 6.45) is 5.46. The molecule has 0 radical (unpaired) electrons. The zero-order chi connectivity index (χ0) is 16.4. The first kappa shape index (κ1) is 15.8. The van der Waals surface area contributed by atoms with Crippen LogP contribution in [0.1, 0.15) is 36.9 Å². The van der Waals surface area contributed by atoms with Crippen LogP contribution in [0.2, 0.25) is 0 Å². The molecule has 3 saturated heterocycles. The number of aromatic nitrogens is 2. The van der Waals surface area contributed by atoms with E-state index in [9.17, 15) is 0 Å². The van der Waals surface area contributed by atoms with E-state index >= 15 is 0 Å². The summed E-state index contributed by atoms with van der Waals surface area (Å²) in [5.41, 5.74) is 2.23. The van der Waals surface area contributed by atoms with E-state index in [-0.39, 0.29) is 0 Å². The Morgan fingerprint density at radius 2 is 2.08 bits per heavy atom. The summed E-state index contributed by atoms with van der Waals surface area (Å²) in [6, 6.07) is 8.92. The Kier molecular flexibility index (Phi) is 4.63. The highest BCUT2D eigenvalue weighted by Gasteiger charge is 2.35. The van der Waals surface area contributed by atoms with Crippen molar-refractivity contribution in [3.05, 3.63) is 47.6 Å². The molecule has 5 heteroatoms. The number of nitrogens with zero attached hydrogens (tertiary/aromatic N) is 4. The normalized spacial score (nSPS) is 25.0. The van der Waals surface area contributed by atoms with Crippen molar-refractivity contribution in [3.63, 3.8) is 0 Å². The molecule has 5 heterocycles. The molecule has 5 rings (SSSR count). The maximum Gasteiger partial charge on any atom is 0.150 e. The SMILES string of the molecule is CCc1cc(CN2C[C@H]3CC[C@@H]2CN(Cc2ccccn2)C3)on1. The lowest BCUT2D eigenvalue weighted by molar-refractivity contribution is 0.111. The fourth-order valence-corrected chi connectivity index (χ4v) is 4.12. The van der Waals surface area contributed by atoms with E-state index in [1.54, 1.807) is 0 Å². The lowest BCUT2D eigenvalue weighted by Crippen LogP contribution is -2.43. The second-order valence-electron chi connectivity index (χ2n) is 7.18. The molecule has 0 aliphatic carbocycles. The molecule has 0 spiro atoms. The molecular formula is C19H26N4O. The van der Waals surface area contributed by atoms with Crippen LogP contribution in [-0.4, -0.2) is 45.6 Å². The Morgan fingerprint density at radius 1 is 1.12 bits per heavy atom. The Morgan fingerprint density at radius 3 is 2.88 bits per heavy atom. The van der Waals surface area contributed by atoms with Crippen LogP contribution in [0.3, 0.4) is 0 Å². The Bertz CT molecular complexity index is 656. The summed E-state index contributed by atoms with van der Waals surface area (Å²) in [5, 5.41) is 4.14. The van der Waals surface area contributed by atoms with Crippen LogP contribution in [0.5, 0.6) is 0 Å². The molecule has 2 atom stereocenters. The highest BCUT2D eigenvalue weighted by Crippen LogP contribution is 2.29. The maximum absolute atomic E-state index is 5.51. The molecular weight excluding hydrogens is 300 g/mol. The summed E-state index contributed by atoms with van der Waals surface area (Å²) in [7, 11) is 0. The molecule has 0 N–H and O–H groups in total. The molecule has 2 bridgehead atoms. The molecule has 3 fully saturated rings. The third-order valence-electron chi connectivity index (χ3n) is 5.34. The van der Waals surface area contributed by atoms with Crippen molar-refractivity contribution in [3.8, 4) is 0 Å². The van der Waals surface area contributed by atoms with E-state index in [1.165, 1.54) is 31.6 Å². The zero-order valence-corrected chi connectivity index (χ0v) is 14.4. The number of aryl methyl sites for hydroxylation is 1. The third-order valence-corrected chi connectivity index (χ3v) is 5.34. The van der Waals surface area contributed by atoms with Crippen molar-refractivity contribution >= 4 is 0 Å². The summed E-state index contributed by atoms with van der Waals surface area (Å²) < 4.78 is 5.51. The molecule has 2 aromatic rings. The van der Waals surface area contributed by atoms with E-state index in [2.05, 4.69) is 45.1 Å². The quantitative estimate of drug-likeness (QED) is 0.845. The fourth-order valence-electron chi connectivity index (χ4n) is 4.12. The van der Waals surface area contributed by atoms with E-state index < -0.39 is 0 Å². The molecule has 3 aliphatic rings. The highest BCUT2D eigenvalue weighted by molar-refractivity contribution is 5.07. The Labute approximate surface area is 143 Å². The van der Waals surface area contributed by atoms with Gasteiger partial charge in [-0.3, -0.25) is 14.8 Å². The standard InChI is InChI=1S/C19H26N4O/c1-2-16-9-19(24-21-16)14-23-11-15-6-7-18(23)13-22(10-15)12-17-5-3-4-8-20-17/h3-5,8-9,15,18H,2,6-7,10-14H2,1H3/t15-,18+/m0/s1. The van der Waals surface area contributed by atoms with Crippen LogP contribution < -0.4 is 0 Å². The van der Waals surface area contributed by atoms with E-state index in [0.717, 1.165) is 43.4 Å². The molecule has 3 aliphatic heterocycles. The topological polar surface area (TPSA) is 45.4 Å². The summed E-state index contributed by atoms with van der Waals surface area (Å²) >= 11 is 0. The minimum absolute atomic E-state index is 0.614. The van der Waals surface area contributed by atoms with Gasteiger partial charge in [-0.05, 0) is 37.3 Å². The van der Waals surface area contributed by atoms with Crippen molar-refractivity contribution in [1.29, 1.82) is 0 Å². The lowest BCUT2D eigenvalue weighted by Gasteiger charge is -2.35. The molecule has 128 valence electrons. The highest BCUT2D eigenvalue weighted by atomic mass is 16.5. The zero-order valence-electron chi connectivity index (χ0n) is 14.4.